The number of hydrogen-bond donors (Lipinski definition) is 2. The minimum atomic E-state index is 0.284. The molecule has 3 aromatic carbocycles. The summed E-state index contributed by atoms with van der Waals surface area (Å²) in [6.45, 7) is 10.1. The SMILES string of the molecule is Cc1cc(O)cc(C)c1CCN(CCNC=O)c1ccc(Cl)cc1Cl.Cc1ccc(C)cc1. The zero-order valence-corrected chi connectivity index (χ0v) is 21.2. The van der Waals surface area contributed by atoms with E-state index in [4.69, 9.17) is 23.2 Å². The van der Waals surface area contributed by atoms with Crippen molar-refractivity contribution in [3.05, 3.63) is 92.5 Å². The predicted octanol–water partition coefficient (Wildman–Crippen LogP) is 6.41. The standard InChI is InChI=1S/C19H22Cl2N2O2.C8H10/c1-13-9-16(25)10-14(2)17(13)5-7-23(8-6-22-12-24)19-4-3-15(20)11-18(19)21;1-7-3-5-8(2)6-4-7/h3-4,9-12,25H,5-8H2,1-2H3,(H,22,24);3-6H,1-2H3. The van der Waals surface area contributed by atoms with Crippen molar-refractivity contribution in [2.24, 2.45) is 0 Å². The molecule has 0 fully saturated rings. The quantitative estimate of drug-likeness (QED) is 0.285. The zero-order chi connectivity index (χ0) is 24.4. The Kier molecular flexibility index (Phi) is 10.6. The van der Waals surface area contributed by atoms with Crippen molar-refractivity contribution in [1.82, 2.24) is 5.32 Å². The highest BCUT2D eigenvalue weighted by atomic mass is 35.5. The maximum Gasteiger partial charge on any atom is 0.207 e. The minimum Gasteiger partial charge on any atom is -0.508 e. The first-order valence-electron chi connectivity index (χ1n) is 10.9. The lowest BCUT2D eigenvalue weighted by molar-refractivity contribution is -0.109. The number of rotatable bonds is 8. The van der Waals surface area contributed by atoms with E-state index in [1.165, 1.54) is 16.7 Å². The van der Waals surface area contributed by atoms with Gasteiger partial charge in [0.25, 0.3) is 0 Å². The van der Waals surface area contributed by atoms with E-state index >= 15 is 0 Å². The van der Waals surface area contributed by atoms with Gasteiger partial charge in [0, 0.05) is 24.7 Å². The number of phenols is 1. The molecular formula is C27H32Cl2N2O2. The Bertz CT molecular complexity index is 1010. The van der Waals surface area contributed by atoms with Crippen LogP contribution in [0.25, 0.3) is 0 Å². The molecule has 3 aromatic rings. The summed E-state index contributed by atoms with van der Waals surface area (Å²) in [5, 5.41) is 13.6. The molecule has 0 aliphatic carbocycles. The normalized spacial score (nSPS) is 10.2. The summed E-state index contributed by atoms with van der Waals surface area (Å²) >= 11 is 12.3. The second kappa shape index (κ2) is 13.1. The number of benzene rings is 3. The molecule has 0 heterocycles. The average Bonchev–Trinajstić information content (AvgIpc) is 2.75. The molecule has 176 valence electrons. The molecule has 0 aliphatic heterocycles. The molecule has 0 saturated heterocycles. The number of aryl methyl sites for hydroxylation is 4. The molecule has 2 N–H and O–H groups in total. The van der Waals surface area contributed by atoms with Gasteiger partial charge < -0.3 is 15.3 Å². The molecule has 33 heavy (non-hydrogen) atoms. The van der Waals surface area contributed by atoms with Gasteiger partial charge in [-0.2, -0.15) is 0 Å². The van der Waals surface area contributed by atoms with Crippen LogP contribution in [0, 0.1) is 27.7 Å². The third-order valence-corrected chi connectivity index (χ3v) is 5.93. The number of amides is 1. The van der Waals surface area contributed by atoms with Crippen LogP contribution in [-0.2, 0) is 11.2 Å². The fraction of sp³-hybridized carbons (Fsp3) is 0.296. The number of phenolic OH excluding ortho intramolecular Hbond substituents is 1. The van der Waals surface area contributed by atoms with Crippen molar-refractivity contribution in [3.8, 4) is 5.75 Å². The number of carbonyl (C=O) groups excluding carboxylic acids is 1. The van der Waals surface area contributed by atoms with E-state index in [2.05, 4.69) is 48.3 Å². The van der Waals surface area contributed by atoms with Gasteiger partial charge >= 0.3 is 0 Å². The molecule has 0 aliphatic rings. The fourth-order valence-corrected chi connectivity index (χ4v) is 4.13. The van der Waals surface area contributed by atoms with E-state index in [0.29, 0.717) is 29.5 Å². The highest BCUT2D eigenvalue weighted by Gasteiger charge is 2.13. The van der Waals surface area contributed by atoms with Gasteiger partial charge in [0.05, 0.1) is 10.7 Å². The van der Waals surface area contributed by atoms with Crippen molar-refractivity contribution in [1.29, 1.82) is 0 Å². The molecule has 0 bridgehead atoms. The van der Waals surface area contributed by atoms with Crippen LogP contribution in [0.2, 0.25) is 10.0 Å². The third-order valence-electron chi connectivity index (χ3n) is 5.39. The van der Waals surface area contributed by atoms with Crippen molar-refractivity contribution in [3.63, 3.8) is 0 Å². The number of halogens is 2. The predicted molar refractivity (Wildman–Crippen MR) is 140 cm³/mol. The summed E-state index contributed by atoms with van der Waals surface area (Å²) < 4.78 is 0. The van der Waals surface area contributed by atoms with Crippen LogP contribution in [0.4, 0.5) is 5.69 Å². The Labute approximate surface area is 207 Å². The van der Waals surface area contributed by atoms with Crippen LogP contribution in [-0.4, -0.2) is 31.2 Å². The van der Waals surface area contributed by atoms with E-state index in [1.807, 2.05) is 19.9 Å². The molecule has 0 saturated carbocycles. The Balaban J connectivity index is 0.000000405. The molecule has 0 unspecified atom stereocenters. The zero-order valence-electron chi connectivity index (χ0n) is 19.7. The molecule has 0 aromatic heterocycles. The first-order valence-corrected chi connectivity index (χ1v) is 11.7. The van der Waals surface area contributed by atoms with E-state index in [1.54, 1.807) is 24.3 Å². The summed E-state index contributed by atoms with van der Waals surface area (Å²) in [5.74, 6) is 0.284. The van der Waals surface area contributed by atoms with Gasteiger partial charge in [-0.15, -0.1) is 0 Å². The van der Waals surface area contributed by atoms with E-state index in [9.17, 15) is 9.90 Å². The maximum absolute atomic E-state index is 10.5. The monoisotopic (exact) mass is 486 g/mol. The molecule has 0 spiro atoms. The lowest BCUT2D eigenvalue weighted by Gasteiger charge is -2.26. The van der Waals surface area contributed by atoms with Crippen molar-refractivity contribution >= 4 is 35.3 Å². The molecule has 4 nitrogen and oxygen atoms in total. The number of nitrogens with zero attached hydrogens (tertiary/aromatic N) is 1. The van der Waals surface area contributed by atoms with Gasteiger partial charge in [0.15, 0.2) is 0 Å². The second-order valence-corrected chi connectivity index (χ2v) is 8.96. The fourth-order valence-electron chi connectivity index (χ4n) is 3.60. The first-order chi connectivity index (χ1) is 15.7. The van der Waals surface area contributed by atoms with E-state index in [0.717, 1.165) is 29.8 Å². The Morgan fingerprint density at radius 2 is 1.45 bits per heavy atom. The van der Waals surface area contributed by atoms with Crippen molar-refractivity contribution < 1.29 is 9.90 Å². The number of aromatic hydroxyl groups is 1. The number of nitrogens with one attached hydrogen (secondary N) is 1. The molecule has 6 heteroatoms. The van der Waals surface area contributed by atoms with Crippen LogP contribution in [0.1, 0.15) is 27.8 Å². The highest BCUT2D eigenvalue weighted by molar-refractivity contribution is 6.36. The Morgan fingerprint density at radius 3 is 1.97 bits per heavy atom. The van der Waals surface area contributed by atoms with E-state index < -0.39 is 0 Å². The smallest absolute Gasteiger partial charge is 0.207 e. The average molecular weight is 487 g/mol. The molecular weight excluding hydrogens is 455 g/mol. The number of anilines is 1. The molecule has 0 radical (unpaired) electrons. The van der Waals surface area contributed by atoms with Crippen LogP contribution < -0.4 is 10.2 Å². The summed E-state index contributed by atoms with van der Waals surface area (Å²) in [6.07, 6.45) is 1.49. The van der Waals surface area contributed by atoms with Crippen LogP contribution in [0.5, 0.6) is 5.75 Å². The summed E-state index contributed by atoms with van der Waals surface area (Å²) in [6, 6.07) is 17.4. The lowest BCUT2D eigenvalue weighted by atomic mass is 9.99. The van der Waals surface area contributed by atoms with Crippen LogP contribution >= 0.6 is 23.2 Å². The lowest BCUT2D eigenvalue weighted by Crippen LogP contribution is -2.33. The Hall–Kier alpha value is -2.69. The minimum absolute atomic E-state index is 0.284. The molecule has 1 amide bonds. The second-order valence-electron chi connectivity index (χ2n) is 8.12. The van der Waals surface area contributed by atoms with Crippen LogP contribution in [0.15, 0.2) is 54.6 Å². The Morgan fingerprint density at radius 1 is 0.879 bits per heavy atom. The maximum atomic E-state index is 10.5. The van der Waals surface area contributed by atoms with E-state index in [-0.39, 0.29) is 5.75 Å². The highest BCUT2D eigenvalue weighted by Crippen LogP contribution is 2.29. The van der Waals surface area contributed by atoms with Gasteiger partial charge in [0.1, 0.15) is 5.75 Å². The van der Waals surface area contributed by atoms with Gasteiger partial charge in [-0.05, 0) is 81.1 Å². The summed E-state index contributed by atoms with van der Waals surface area (Å²) in [7, 11) is 0. The summed E-state index contributed by atoms with van der Waals surface area (Å²) in [5.41, 5.74) is 6.87. The topological polar surface area (TPSA) is 52.6 Å². The van der Waals surface area contributed by atoms with Crippen molar-refractivity contribution in [2.75, 3.05) is 24.5 Å². The van der Waals surface area contributed by atoms with Gasteiger partial charge in [-0.1, -0.05) is 58.6 Å². The van der Waals surface area contributed by atoms with Crippen molar-refractivity contribution in [2.45, 2.75) is 34.1 Å². The van der Waals surface area contributed by atoms with Gasteiger partial charge in [0.2, 0.25) is 6.41 Å². The van der Waals surface area contributed by atoms with Gasteiger partial charge in [-0.25, -0.2) is 0 Å². The number of hydrogen-bond acceptors (Lipinski definition) is 3. The third kappa shape index (κ3) is 8.64. The molecule has 3 rings (SSSR count). The summed E-state index contributed by atoms with van der Waals surface area (Å²) in [4.78, 5) is 12.7. The molecule has 0 atom stereocenters. The van der Waals surface area contributed by atoms with Crippen LogP contribution in [0.3, 0.4) is 0 Å². The largest absolute Gasteiger partial charge is 0.508 e. The van der Waals surface area contributed by atoms with Gasteiger partial charge in [-0.3, -0.25) is 4.79 Å². The number of carbonyl (C=O) groups is 1. The first kappa shape index (κ1) is 26.6.